The van der Waals surface area contributed by atoms with Gasteiger partial charge in [0.15, 0.2) is 0 Å². The van der Waals surface area contributed by atoms with Crippen molar-refractivity contribution in [1.82, 2.24) is 9.62 Å². The summed E-state index contributed by atoms with van der Waals surface area (Å²) in [6.07, 6.45) is -0.0502. The summed E-state index contributed by atoms with van der Waals surface area (Å²) in [5.74, 6) is -0.0822. The van der Waals surface area contributed by atoms with Gasteiger partial charge in [0.25, 0.3) is 0 Å². The van der Waals surface area contributed by atoms with Crippen LogP contribution in [0.2, 0.25) is 10.0 Å². The lowest BCUT2D eigenvalue weighted by atomic mass is 9.85. The quantitative estimate of drug-likeness (QED) is 0.426. The molecule has 11 heteroatoms. The molecule has 1 N–H and O–H groups in total. The van der Waals surface area contributed by atoms with Crippen molar-refractivity contribution in [1.29, 1.82) is 0 Å². The summed E-state index contributed by atoms with van der Waals surface area (Å²) in [5.41, 5.74) is 2.84. The van der Waals surface area contributed by atoms with Gasteiger partial charge in [-0.2, -0.15) is 0 Å². The molecule has 0 amide bonds. The topological polar surface area (TPSA) is 84.9 Å². The van der Waals surface area contributed by atoms with Crippen LogP contribution >= 0.6 is 30.8 Å². The third-order valence-corrected chi connectivity index (χ3v) is 9.48. The molecule has 1 unspecified atom stereocenters. The molecule has 0 aromatic heterocycles. The predicted molar refractivity (Wildman–Crippen MR) is 132 cm³/mol. The summed E-state index contributed by atoms with van der Waals surface area (Å²) in [4.78, 5) is 2.27. The van der Waals surface area contributed by atoms with Crippen molar-refractivity contribution < 1.29 is 22.0 Å². The van der Waals surface area contributed by atoms with Crippen LogP contribution in [0.3, 0.4) is 0 Å². The Morgan fingerprint density at radius 2 is 1.85 bits per heavy atom. The van der Waals surface area contributed by atoms with Crippen molar-refractivity contribution in [3.8, 4) is 0 Å². The first kappa shape index (κ1) is 26.6. The van der Waals surface area contributed by atoms with E-state index in [1.54, 1.807) is 32.0 Å². The van der Waals surface area contributed by atoms with Crippen LogP contribution in [0.25, 0.3) is 0 Å². The van der Waals surface area contributed by atoms with Gasteiger partial charge >= 0.3 is 7.60 Å². The van der Waals surface area contributed by atoms with Gasteiger partial charge < -0.3 is 13.9 Å². The lowest BCUT2D eigenvalue weighted by molar-refractivity contribution is 0.220. The Bertz CT molecular complexity index is 1140. The predicted octanol–water partition coefficient (Wildman–Crippen LogP) is 5.12. The number of fused-ring (bicyclic) bond motifs is 1. The van der Waals surface area contributed by atoms with Gasteiger partial charge in [0.2, 0.25) is 10.0 Å². The van der Waals surface area contributed by atoms with E-state index in [1.807, 2.05) is 19.2 Å². The Kier molecular flexibility index (Phi) is 9.03. The standard InChI is InChI=1S/C22H29Cl2N2O5PS/c1-4-30-32(27,31-5-2)10-9-25-33(28,29)18-8-6-7-16(11-18)20-14-26(3)15-21-19(20)12-17(23)13-22(21)24/h6-8,11-13,20,25H,4-5,9-10,14-15H2,1-3H3. The number of hydrogen-bond donors (Lipinski definition) is 1. The van der Waals surface area contributed by atoms with E-state index in [2.05, 4.69) is 9.62 Å². The Morgan fingerprint density at radius 1 is 1.15 bits per heavy atom. The van der Waals surface area contributed by atoms with Crippen LogP contribution in [0.15, 0.2) is 41.3 Å². The van der Waals surface area contributed by atoms with Crippen molar-refractivity contribution in [2.45, 2.75) is 31.2 Å². The van der Waals surface area contributed by atoms with Gasteiger partial charge in [-0.3, -0.25) is 4.57 Å². The maximum absolute atomic E-state index is 13.0. The molecule has 0 bridgehead atoms. The van der Waals surface area contributed by atoms with E-state index in [-0.39, 0.29) is 36.7 Å². The molecule has 2 aromatic carbocycles. The molecule has 0 aliphatic carbocycles. The fourth-order valence-corrected chi connectivity index (χ4v) is 7.30. The highest BCUT2D eigenvalue weighted by atomic mass is 35.5. The van der Waals surface area contributed by atoms with Gasteiger partial charge in [-0.15, -0.1) is 0 Å². The Balaban J connectivity index is 1.83. The molecule has 0 saturated heterocycles. The summed E-state index contributed by atoms with van der Waals surface area (Å²) in [5, 5.41) is 1.15. The second-order valence-corrected chi connectivity index (χ2v) is 12.6. The van der Waals surface area contributed by atoms with E-state index in [9.17, 15) is 13.0 Å². The lowest BCUT2D eigenvalue weighted by Crippen LogP contribution is -2.31. The summed E-state index contributed by atoms with van der Waals surface area (Å²) in [6.45, 7) is 5.19. The van der Waals surface area contributed by atoms with E-state index in [4.69, 9.17) is 32.2 Å². The largest absolute Gasteiger partial charge is 0.331 e. The molecule has 1 atom stereocenters. The van der Waals surface area contributed by atoms with Gasteiger partial charge in [-0.1, -0.05) is 35.3 Å². The van der Waals surface area contributed by atoms with E-state index in [1.165, 1.54) is 6.07 Å². The summed E-state index contributed by atoms with van der Waals surface area (Å²) < 4.78 is 51.5. The number of likely N-dealkylation sites (N-methyl/N-ethyl adjacent to an activating group) is 1. The molecule has 33 heavy (non-hydrogen) atoms. The van der Waals surface area contributed by atoms with Crippen LogP contribution in [0.1, 0.15) is 36.5 Å². The van der Waals surface area contributed by atoms with Gasteiger partial charge in [-0.25, -0.2) is 13.1 Å². The van der Waals surface area contributed by atoms with Crippen molar-refractivity contribution >= 4 is 40.8 Å². The first-order valence-corrected chi connectivity index (χ1v) is 14.7. The van der Waals surface area contributed by atoms with Crippen LogP contribution in [0.5, 0.6) is 0 Å². The number of hydrogen-bond acceptors (Lipinski definition) is 6. The lowest BCUT2D eigenvalue weighted by Gasteiger charge is -2.33. The zero-order valence-electron chi connectivity index (χ0n) is 18.9. The molecular weight excluding hydrogens is 506 g/mol. The molecule has 0 spiro atoms. The highest BCUT2D eigenvalue weighted by Gasteiger charge is 2.29. The molecule has 182 valence electrons. The number of halogens is 2. The van der Waals surface area contributed by atoms with Crippen molar-refractivity contribution in [3.63, 3.8) is 0 Å². The first-order valence-electron chi connectivity index (χ1n) is 10.7. The van der Waals surface area contributed by atoms with Crippen molar-refractivity contribution in [2.75, 3.05) is 39.5 Å². The summed E-state index contributed by atoms with van der Waals surface area (Å²) >= 11 is 12.7. The highest BCUT2D eigenvalue weighted by Crippen LogP contribution is 2.47. The normalized spacial score (nSPS) is 17.2. The zero-order valence-corrected chi connectivity index (χ0v) is 22.1. The number of nitrogens with zero attached hydrogens (tertiary/aromatic N) is 1. The Labute approximate surface area is 205 Å². The van der Waals surface area contributed by atoms with Crippen LogP contribution in [-0.2, 0) is 30.2 Å². The monoisotopic (exact) mass is 534 g/mol. The van der Waals surface area contributed by atoms with E-state index < -0.39 is 17.6 Å². The molecular formula is C22H29Cl2N2O5PS. The first-order chi connectivity index (χ1) is 15.6. The molecule has 2 aromatic rings. The molecule has 0 fully saturated rings. The second kappa shape index (κ2) is 11.2. The van der Waals surface area contributed by atoms with Crippen LogP contribution in [-0.4, -0.2) is 52.8 Å². The van der Waals surface area contributed by atoms with E-state index >= 15 is 0 Å². The van der Waals surface area contributed by atoms with Crippen LogP contribution < -0.4 is 4.72 Å². The minimum absolute atomic E-state index is 0.0502. The molecule has 0 saturated carbocycles. The minimum Gasteiger partial charge on any atom is -0.309 e. The summed E-state index contributed by atoms with van der Waals surface area (Å²) in [6, 6.07) is 10.4. The van der Waals surface area contributed by atoms with E-state index in [0.29, 0.717) is 23.1 Å². The molecule has 0 radical (unpaired) electrons. The van der Waals surface area contributed by atoms with E-state index in [0.717, 1.165) is 16.7 Å². The Hall–Kier alpha value is -0.960. The molecule has 1 aliphatic heterocycles. The third kappa shape index (κ3) is 6.59. The molecule has 1 heterocycles. The maximum Gasteiger partial charge on any atom is 0.331 e. The smallest absolute Gasteiger partial charge is 0.309 e. The van der Waals surface area contributed by atoms with Gasteiger partial charge in [0, 0.05) is 35.6 Å². The SMILES string of the molecule is CCOP(=O)(CCNS(=O)(=O)c1cccc(C2CN(C)Cc3c(Cl)cc(Cl)cc32)c1)OCC. The minimum atomic E-state index is -3.83. The number of benzene rings is 2. The van der Waals surface area contributed by atoms with Crippen molar-refractivity contribution in [2.24, 2.45) is 0 Å². The zero-order chi connectivity index (χ0) is 24.2. The average molecular weight is 535 g/mol. The number of nitrogens with one attached hydrogen (secondary N) is 1. The van der Waals surface area contributed by atoms with Gasteiger partial charge in [0.05, 0.1) is 24.3 Å². The summed E-state index contributed by atoms with van der Waals surface area (Å²) in [7, 11) is -5.17. The van der Waals surface area contributed by atoms with Crippen molar-refractivity contribution in [3.05, 3.63) is 63.1 Å². The molecule has 7 nitrogen and oxygen atoms in total. The molecule has 1 aliphatic rings. The highest BCUT2D eigenvalue weighted by molar-refractivity contribution is 7.89. The van der Waals surface area contributed by atoms with Crippen LogP contribution in [0, 0.1) is 0 Å². The van der Waals surface area contributed by atoms with Gasteiger partial charge in [0.1, 0.15) is 0 Å². The molecule has 3 rings (SSSR count). The maximum atomic E-state index is 13.0. The Morgan fingerprint density at radius 3 is 2.52 bits per heavy atom. The van der Waals surface area contributed by atoms with Crippen LogP contribution in [0.4, 0.5) is 0 Å². The second-order valence-electron chi connectivity index (χ2n) is 7.85. The average Bonchev–Trinajstić information content (AvgIpc) is 2.74. The fraction of sp³-hybridized carbons (Fsp3) is 0.455. The number of sulfonamides is 1. The van der Waals surface area contributed by atoms with Gasteiger partial charge in [-0.05, 0) is 61.9 Å². The number of rotatable bonds is 10. The fourth-order valence-electron chi connectivity index (χ4n) is 3.99. The third-order valence-electron chi connectivity index (χ3n) is 5.39.